The van der Waals surface area contributed by atoms with E-state index in [0.717, 1.165) is 11.6 Å². The lowest BCUT2D eigenvalue weighted by molar-refractivity contribution is 0.276. The Bertz CT molecular complexity index is 315. The molecule has 0 amide bonds. The summed E-state index contributed by atoms with van der Waals surface area (Å²) in [6.45, 7) is 2.36. The Balaban J connectivity index is 1.88. The number of aliphatic hydroxyl groups is 1. The molecule has 16 heavy (non-hydrogen) atoms. The topological polar surface area (TPSA) is 33.1 Å². The van der Waals surface area contributed by atoms with Crippen LogP contribution >= 0.6 is 11.3 Å². The molecule has 2 rings (SSSR count). The number of aliphatic hydroxyl groups excluding tert-OH is 1. The lowest BCUT2D eigenvalue weighted by Gasteiger charge is -2.26. The second-order valence-electron chi connectivity index (χ2n) is 4.84. The summed E-state index contributed by atoms with van der Waals surface area (Å²) < 4.78 is 0. The molecular weight excluding hydrogens is 218 g/mol. The van der Waals surface area contributed by atoms with Crippen LogP contribution in [0.5, 0.6) is 0 Å². The number of nitrogens with zero attached hydrogens (tertiary/aromatic N) is 1. The molecule has 1 fully saturated rings. The first-order valence-corrected chi connectivity index (χ1v) is 7.26. The third-order valence-electron chi connectivity index (χ3n) is 3.62. The molecule has 3 heteroatoms. The van der Waals surface area contributed by atoms with E-state index in [1.54, 1.807) is 11.3 Å². The summed E-state index contributed by atoms with van der Waals surface area (Å²) in [6.07, 6.45) is 8.04. The van der Waals surface area contributed by atoms with E-state index in [1.807, 2.05) is 5.38 Å². The molecule has 1 aromatic rings. The Kier molecular flexibility index (Phi) is 4.36. The van der Waals surface area contributed by atoms with Gasteiger partial charge in [0.2, 0.25) is 0 Å². The highest BCUT2D eigenvalue weighted by molar-refractivity contribution is 7.09. The Hall–Kier alpha value is -0.410. The van der Waals surface area contributed by atoms with E-state index in [0.29, 0.717) is 5.92 Å². The van der Waals surface area contributed by atoms with Gasteiger partial charge in [-0.3, -0.25) is 0 Å². The average Bonchev–Trinajstić information content (AvgIpc) is 2.79. The summed E-state index contributed by atoms with van der Waals surface area (Å²) in [5.41, 5.74) is 0.843. The van der Waals surface area contributed by atoms with Gasteiger partial charge < -0.3 is 5.11 Å². The number of aromatic nitrogens is 1. The molecule has 1 saturated carbocycles. The lowest BCUT2D eigenvalue weighted by atomic mass is 9.80. The Morgan fingerprint density at radius 2 is 2.12 bits per heavy atom. The molecule has 2 nitrogen and oxygen atoms in total. The SMILES string of the molecule is CCCC1CCC(c2nc(CO)cs2)CC1. The first-order chi connectivity index (χ1) is 7.83. The van der Waals surface area contributed by atoms with Crippen molar-refractivity contribution < 1.29 is 5.11 Å². The van der Waals surface area contributed by atoms with Crippen LogP contribution in [0.4, 0.5) is 0 Å². The van der Waals surface area contributed by atoms with Crippen molar-refractivity contribution in [3.63, 3.8) is 0 Å². The third kappa shape index (κ3) is 2.83. The van der Waals surface area contributed by atoms with Crippen molar-refractivity contribution in [3.8, 4) is 0 Å². The molecule has 0 aromatic carbocycles. The Morgan fingerprint density at radius 3 is 2.69 bits per heavy atom. The number of hydrogen-bond donors (Lipinski definition) is 1. The van der Waals surface area contributed by atoms with Gasteiger partial charge in [0.05, 0.1) is 17.3 Å². The lowest BCUT2D eigenvalue weighted by Crippen LogP contribution is -2.13. The van der Waals surface area contributed by atoms with Crippen LogP contribution in [0.1, 0.15) is 62.1 Å². The van der Waals surface area contributed by atoms with Crippen LogP contribution in [-0.4, -0.2) is 10.1 Å². The largest absolute Gasteiger partial charge is 0.390 e. The molecule has 90 valence electrons. The molecule has 1 aliphatic rings. The number of rotatable bonds is 4. The summed E-state index contributed by atoms with van der Waals surface area (Å²) in [5, 5.41) is 12.2. The summed E-state index contributed by atoms with van der Waals surface area (Å²) in [5.74, 6) is 1.62. The standard InChI is InChI=1S/C13H21NOS/c1-2-3-10-4-6-11(7-5-10)13-14-12(8-15)9-16-13/h9-11,15H,2-8H2,1H3. The number of hydrogen-bond acceptors (Lipinski definition) is 3. The van der Waals surface area contributed by atoms with Gasteiger partial charge in [-0.15, -0.1) is 11.3 Å². The zero-order valence-electron chi connectivity index (χ0n) is 9.98. The van der Waals surface area contributed by atoms with Gasteiger partial charge in [0.25, 0.3) is 0 Å². The molecule has 0 radical (unpaired) electrons. The van der Waals surface area contributed by atoms with E-state index < -0.39 is 0 Å². The zero-order chi connectivity index (χ0) is 11.4. The fourth-order valence-corrected chi connectivity index (χ4v) is 3.67. The first-order valence-electron chi connectivity index (χ1n) is 6.38. The highest BCUT2D eigenvalue weighted by atomic mass is 32.1. The molecule has 0 bridgehead atoms. The Labute approximate surface area is 102 Å². The maximum Gasteiger partial charge on any atom is 0.0960 e. The van der Waals surface area contributed by atoms with Gasteiger partial charge in [0.15, 0.2) is 0 Å². The monoisotopic (exact) mass is 239 g/mol. The maximum absolute atomic E-state index is 9.01. The van der Waals surface area contributed by atoms with Crippen molar-refractivity contribution >= 4 is 11.3 Å². The predicted octanol–water partition coefficient (Wildman–Crippen LogP) is 3.71. The molecule has 1 aliphatic carbocycles. The third-order valence-corrected chi connectivity index (χ3v) is 4.68. The van der Waals surface area contributed by atoms with E-state index in [4.69, 9.17) is 5.11 Å². The van der Waals surface area contributed by atoms with Crippen LogP contribution in [0.25, 0.3) is 0 Å². The molecular formula is C13H21NOS. The molecule has 1 aromatic heterocycles. The van der Waals surface area contributed by atoms with Gasteiger partial charge in [-0.1, -0.05) is 19.8 Å². The van der Waals surface area contributed by atoms with E-state index in [-0.39, 0.29) is 6.61 Å². The zero-order valence-corrected chi connectivity index (χ0v) is 10.8. The van der Waals surface area contributed by atoms with E-state index in [9.17, 15) is 0 Å². The van der Waals surface area contributed by atoms with Crippen molar-refractivity contribution in [1.29, 1.82) is 0 Å². The van der Waals surface area contributed by atoms with Gasteiger partial charge in [-0.05, 0) is 31.6 Å². The summed E-state index contributed by atoms with van der Waals surface area (Å²) in [6, 6.07) is 0. The van der Waals surface area contributed by atoms with Crippen LogP contribution in [0, 0.1) is 5.92 Å². The first kappa shape index (κ1) is 12.1. The average molecular weight is 239 g/mol. The Morgan fingerprint density at radius 1 is 1.38 bits per heavy atom. The normalized spacial score (nSPS) is 25.9. The van der Waals surface area contributed by atoms with Crippen molar-refractivity contribution in [3.05, 3.63) is 16.1 Å². The van der Waals surface area contributed by atoms with Gasteiger partial charge in [-0.2, -0.15) is 0 Å². The van der Waals surface area contributed by atoms with Gasteiger partial charge in [0, 0.05) is 11.3 Å². The summed E-state index contributed by atoms with van der Waals surface area (Å²) in [7, 11) is 0. The van der Waals surface area contributed by atoms with Gasteiger partial charge in [0.1, 0.15) is 0 Å². The molecule has 0 saturated heterocycles. The summed E-state index contributed by atoms with van der Waals surface area (Å²) in [4.78, 5) is 4.49. The smallest absolute Gasteiger partial charge is 0.0960 e. The molecule has 0 unspecified atom stereocenters. The molecule has 0 spiro atoms. The van der Waals surface area contributed by atoms with Crippen molar-refractivity contribution in [1.82, 2.24) is 4.98 Å². The van der Waals surface area contributed by atoms with Crippen LogP contribution in [0.15, 0.2) is 5.38 Å². The van der Waals surface area contributed by atoms with E-state index in [1.165, 1.54) is 43.5 Å². The fraction of sp³-hybridized carbons (Fsp3) is 0.769. The summed E-state index contributed by atoms with van der Waals surface area (Å²) >= 11 is 1.72. The van der Waals surface area contributed by atoms with Crippen LogP contribution in [-0.2, 0) is 6.61 Å². The molecule has 0 atom stereocenters. The second kappa shape index (κ2) is 5.78. The molecule has 0 aliphatic heterocycles. The van der Waals surface area contributed by atoms with Crippen LogP contribution < -0.4 is 0 Å². The highest BCUT2D eigenvalue weighted by Crippen LogP contribution is 2.38. The van der Waals surface area contributed by atoms with Gasteiger partial charge in [-0.25, -0.2) is 4.98 Å². The second-order valence-corrected chi connectivity index (χ2v) is 5.73. The van der Waals surface area contributed by atoms with Crippen molar-refractivity contribution in [2.75, 3.05) is 0 Å². The number of thiazole rings is 1. The van der Waals surface area contributed by atoms with E-state index >= 15 is 0 Å². The predicted molar refractivity (Wildman–Crippen MR) is 67.6 cm³/mol. The minimum atomic E-state index is 0.0850. The van der Waals surface area contributed by atoms with Crippen LogP contribution in [0.3, 0.4) is 0 Å². The quantitative estimate of drug-likeness (QED) is 0.869. The maximum atomic E-state index is 9.01. The van der Waals surface area contributed by atoms with Crippen LogP contribution in [0.2, 0.25) is 0 Å². The van der Waals surface area contributed by atoms with Gasteiger partial charge >= 0.3 is 0 Å². The van der Waals surface area contributed by atoms with Crippen molar-refractivity contribution in [2.24, 2.45) is 5.92 Å². The minimum Gasteiger partial charge on any atom is -0.390 e. The van der Waals surface area contributed by atoms with Crippen molar-refractivity contribution in [2.45, 2.75) is 58.0 Å². The molecule has 1 N–H and O–H groups in total. The van der Waals surface area contributed by atoms with E-state index in [2.05, 4.69) is 11.9 Å². The molecule has 1 heterocycles. The fourth-order valence-electron chi connectivity index (χ4n) is 2.69. The minimum absolute atomic E-state index is 0.0850. The highest BCUT2D eigenvalue weighted by Gasteiger charge is 2.23.